The molecule has 0 unspecified atom stereocenters. The van der Waals surface area contributed by atoms with Gasteiger partial charge in [-0.1, -0.05) is 22.0 Å². The third kappa shape index (κ3) is 1.73. The van der Waals surface area contributed by atoms with Crippen LogP contribution < -0.4 is 4.90 Å². The Kier molecular flexibility index (Phi) is 2.58. The van der Waals surface area contributed by atoms with Crippen molar-refractivity contribution in [2.24, 2.45) is 0 Å². The number of hydrogen-bond acceptors (Lipinski definition) is 1. The Bertz CT molecular complexity index is 309. The minimum Gasteiger partial charge on any atom is -0.372 e. The van der Waals surface area contributed by atoms with Crippen LogP contribution in [0, 0.1) is 0 Å². The summed E-state index contributed by atoms with van der Waals surface area (Å²) >= 11 is 3.52. The predicted octanol–water partition coefficient (Wildman–Crippen LogP) is 3.22. The second kappa shape index (κ2) is 3.70. The molecule has 13 heavy (non-hydrogen) atoms. The highest BCUT2D eigenvalue weighted by Gasteiger charge is 2.14. The Hall–Kier alpha value is -0.500. The van der Waals surface area contributed by atoms with Crippen LogP contribution in [0.1, 0.15) is 18.9 Å². The molecule has 1 aliphatic heterocycles. The molecule has 0 saturated carbocycles. The van der Waals surface area contributed by atoms with Gasteiger partial charge in [-0.05, 0) is 37.5 Å². The van der Waals surface area contributed by atoms with Crippen LogP contribution in [0.5, 0.6) is 0 Å². The van der Waals surface area contributed by atoms with Gasteiger partial charge in [-0.25, -0.2) is 0 Å². The number of halogens is 1. The maximum absolute atomic E-state index is 3.52. The van der Waals surface area contributed by atoms with Crippen molar-refractivity contribution in [3.8, 4) is 0 Å². The predicted molar refractivity (Wildman–Crippen MR) is 60.4 cm³/mol. The molecule has 70 valence electrons. The van der Waals surface area contributed by atoms with E-state index in [1.807, 2.05) is 0 Å². The van der Waals surface area contributed by atoms with Crippen LogP contribution in [0.4, 0.5) is 5.69 Å². The maximum atomic E-state index is 3.52. The van der Waals surface area contributed by atoms with Crippen LogP contribution in [0.15, 0.2) is 22.7 Å². The molecule has 1 heterocycles. The average Bonchev–Trinajstić information content (AvgIpc) is 2.17. The number of fused-ring (bicyclic) bond motifs is 1. The van der Waals surface area contributed by atoms with Gasteiger partial charge in [0.25, 0.3) is 0 Å². The smallest absolute Gasteiger partial charge is 0.0409 e. The Morgan fingerprint density at radius 3 is 3.08 bits per heavy atom. The summed E-state index contributed by atoms with van der Waals surface area (Å²) in [7, 11) is 0. The fourth-order valence-corrected chi connectivity index (χ4v) is 2.30. The first-order valence-electron chi connectivity index (χ1n) is 4.84. The van der Waals surface area contributed by atoms with Crippen LogP contribution in [-0.2, 0) is 6.42 Å². The molecule has 0 saturated heterocycles. The number of aryl methyl sites for hydroxylation is 1. The first kappa shape index (κ1) is 9.07. The summed E-state index contributed by atoms with van der Waals surface area (Å²) in [6.07, 6.45) is 2.53. The van der Waals surface area contributed by atoms with Gasteiger partial charge in [-0.15, -0.1) is 0 Å². The number of benzene rings is 1. The van der Waals surface area contributed by atoms with E-state index < -0.39 is 0 Å². The van der Waals surface area contributed by atoms with Crippen molar-refractivity contribution in [3.05, 3.63) is 28.2 Å². The molecule has 1 nitrogen and oxygen atoms in total. The third-order valence-corrected chi connectivity index (χ3v) is 3.14. The molecule has 0 radical (unpaired) electrons. The lowest BCUT2D eigenvalue weighted by molar-refractivity contribution is 0.707. The van der Waals surface area contributed by atoms with Crippen LogP contribution in [0.25, 0.3) is 0 Å². The monoisotopic (exact) mass is 239 g/mol. The molecular formula is C11H14BrN. The number of nitrogens with zero attached hydrogens (tertiary/aromatic N) is 1. The average molecular weight is 240 g/mol. The molecule has 0 aliphatic carbocycles. The number of rotatable bonds is 1. The van der Waals surface area contributed by atoms with Crippen LogP contribution in [0.3, 0.4) is 0 Å². The lowest BCUT2D eigenvalue weighted by atomic mass is 10.0. The van der Waals surface area contributed by atoms with E-state index in [9.17, 15) is 0 Å². The lowest BCUT2D eigenvalue weighted by Crippen LogP contribution is -2.28. The number of hydrogen-bond donors (Lipinski definition) is 0. The molecular weight excluding hydrogens is 226 g/mol. The van der Waals surface area contributed by atoms with Gasteiger partial charge in [-0.2, -0.15) is 0 Å². The van der Waals surface area contributed by atoms with E-state index >= 15 is 0 Å². The topological polar surface area (TPSA) is 3.24 Å². The van der Waals surface area contributed by atoms with Crippen LogP contribution >= 0.6 is 15.9 Å². The summed E-state index contributed by atoms with van der Waals surface area (Å²) in [4.78, 5) is 2.45. The third-order valence-electron chi connectivity index (χ3n) is 2.64. The van der Waals surface area contributed by atoms with E-state index in [1.165, 1.54) is 35.1 Å². The molecule has 0 amide bonds. The standard InChI is InChI=1S/C11H14BrN/c1-2-13-7-3-4-9-5-6-10(12)8-11(9)13/h5-6,8H,2-4,7H2,1H3. The minimum absolute atomic E-state index is 1.11. The van der Waals surface area contributed by atoms with Gasteiger partial charge in [0, 0.05) is 23.2 Å². The summed E-state index contributed by atoms with van der Waals surface area (Å²) in [6, 6.07) is 6.61. The van der Waals surface area contributed by atoms with E-state index in [4.69, 9.17) is 0 Å². The molecule has 0 spiro atoms. The van der Waals surface area contributed by atoms with E-state index in [-0.39, 0.29) is 0 Å². The zero-order valence-corrected chi connectivity index (χ0v) is 9.47. The highest BCUT2D eigenvalue weighted by molar-refractivity contribution is 9.10. The van der Waals surface area contributed by atoms with Crippen molar-refractivity contribution in [2.75, 3.05) is 18.0 Å². The highest BCUT2D eigenvalue weighted by Crippen LogP contribution is 2.29. The van der Waals surface area contributed by atoms with Crippen molar-refractivity contribution in [1.82, 2.24) is 0 Å². The Morgan fingerprint density at radius 2 is 2.31 bits per heavy atom. The second-order valence-corrected chi connectivity index (χ2v) is 4.37. The van der Waals surface area contributed by atoms with Crippen LogP contribution in [-0.4, -0.2) is 13.1 Å². The molecule has 0 aromatic heterocycles. The summed E-state index contributed by atoms with van der Waals surface area (Å²) in [5, 5.41) is 0. The van der Waals surface area contributed by atoms with E-state index in [0.717, 1.165) is 6.54 Å². The molecule has 1 aromatic carbocycles. The quantitative estimate of drug-likeness (QED) is 0.728. The Labute approximate surface area is 87.9 Å². The fourth-order valence-electron chi connectivity index (χ4n) is 1.95. The SMILES string of the molecule is CCN1CCCc2ccc(Br)cc21. The molecule has 2 rings (SSSR count). The molecule has 0 bridgehead atoms. The largest absolute Gasteiger partial charge is 0.372 e. The van der Waals surface area contributed by atoms with Gasteiger partial charge in [0.05, 0.1) is 0 Å². The molecule has 0 N–H and O–H groups in total. The van der Waals surface area contributed by atoms with Gasteiger partial charge < -0.3 is 4.90 Å². The molecule has 0 fully saturated rings. The summed E-state index contributed by atoms with van der Waals surface area (Å²) in [5.41, 5.74) is 2.92. The van der Waals surface area contributed by atoms with Crippen molar-refractivity contribution >= 4 is 21.6 Å². The Balaban J connectivity index is 2.41. The first-order valence-corrected chi connectivity index (χ1v) is 5.64. The van der Waals surface area contributed by atoms with Crippen molar-refractivity contribution in [3.63, 3.8) is 0 Å². The summed E-state index contributed by atoms with van der Waals surface area (Å²) in [5.74, 6) is 0. The first-order chi connectivity index (χ1) is 6.31. The molecule has 1 aliphatic rings. The van der Waals surface area contributed by atoms with Gasteiger partial charge >= 0.3 is 0 Å². The second-order valence-electron chi connectivity index (χ2n) is 3.46. The van der Waals surface area contributed by atoms with Gasteiger partial charge in [0.2, 0.25) is 0 Å². The van der Waals surface area contributed by atoms with Crippen molar-refractivity contribution in [2.45, 2.75) is 19.8 Å². The highest BCUT2D eigenvalue weighted by atomic mass is 79.9. The minimum atomic E-state index is 1.11. The lowest BCUT2D eigenvalue weighted by Gasteiger charge is -2.30. The zero-order chi connectivity index (χ0) is 9.26. The van der Waals surface area contributed by atoms with E-state index in [1.54, 1.807) is 0 Å². The van der Waals surface area contributed by atoms with E-state index in [0.29, 0.717) is 0 Å². The maximum Gasteiger partial charge on any atom is 0.0409 e. The molecule has 2 heteroatoms. The molecule has 0 atom stereocenters. The summed E-state index contributed by atoms with van der Waals surface area (Å²) < 4.78 is 1.19. The van der Waals surface area contributed by atoms with Crippen molar-refractivity contribution in [1.29, 1.82) is 0 Å². The summed E-state index contributed by atoms with van der Waals surface area (Å²) in [6.45, 7) is 4.54. The normalized spacial score (nSPS) is 15.7. The van der Waals surface area contributed by atoms with Gasteiger partial charge in [0.15, 0.2) is 0 Å². The van der Waals surface area contributed by atoms with Crippen LogP contribution in [0.2, 0.25) is 0 Å². The van der Waals surface area contributed by atoms with Crippen molar-refractivity contribution < 1.29 is 0 Å². The van der Waals surface area contributed by atoms with Gasteiger partial charge in [0.1, 0.15) is 0 Å². The fraction of sp³-hybridized carbons (Fsp3) is 0.455. The zero-order valence-electron chi connectivity index (χ0n) is 7.89. The van der Waals surface area contributed by atoms with E-state index in [2.05, 4.69) is 46.0 Å². The Morgan fingerprint density at radius 1 is 1.46 bits per heavy atom. The van der Waals surface area contributed by atoms with Gasteiger partial charge in [-0.3, -0.25) is 0 Å². The molecule has 1 aromatic rings. The number of anilines is 1.